The number of thioether (sulfide) groups is 1. The summed E-state index contributed by atoms with van der Waals surface area (Å²) in [6.45, 7) is 1.85. The highest BCUT2D eigenvalue weighted by atomic mass is 32.2. The number of aromatic nitrogens is 2. The molecule has 0 saturated carbocycles. The molecule has 2 unspecified atom stereocenters. The SMILES string of the molecule is CC(=O)Nc1ccc(CN2C(Sc3nc4ccccc4[nH]3)=NC3C2C(=O)NC(=O)N3C)cc1. The lowest BCUT2D eigenvalue weighted by molar-refractivity contribution is -0.127. The number of aromatic amines is 1. The summed E-state index contributed by atoms with van der Waals surface area (Å²) >= 11 is 1.32. The second-order valence-electron chi connectivity index (χ2n) is 7.84. The van der Waals surface area contributed by atoms with Crippen LogP contribution in [0.2, 0.25) is 0 Å². The number of nitrogens with zero attached hydrogens (tertiary/aromatic N) is 4. The molecule has 3 aromatic rings. The van der Waals surface area contributed by atoms with Crippen molar-refractivity contribution in [3.8, 4) is 0 Å². The zero-order chi connectivity index (χ0) is 23.1. The van der Waals surface area contributed by atoms with Gasteiger partial charge in [-0.1, -0.05) is 24.3 Å². The maximum atomic E-state index is 12.8. The third kappa shape index (κ3) is 4.02. The number of fused-ring (bicyclic) bond motifs is 2. The first-order valence-corrected chi connectivity index (χ1v) is 11.1. The molecule has 33 heavy (non-hydrogen) atoms. The van der Waals surface area contributed by atoms with Crippen molar-refractivity contribution in [2.45, 2.75) is 30.8 Å². The predicted octanol–water partition coefficient (Wildman–Crippen LogP) is 2.36. The van der Waals surface area contributed by atoms with E-state index in [0.717, 1.165) is 16.6 Å². The molecule has 0 bridgehead atoms. The average Bonchev–Trinajstić information content (AvgIpc) is 3.35. The topological polar surface area (TPSA) is 123 Å². The van der Waals surface area contributed by atoms with Crippen LogP contribution >= 0.6 is 11.8 Å². The number of urea groups is 1. The maximum absolute atomic E-state index is 12.8. The van der Waals surface area contributed by atoms with E-state index in [-0.39, 0.29) is 11.8 Å². The molecule has 2 aliphatic heterocycles. The zero-order valence-corrected chi connectivity index (χ0v) is 18.7. The number of para-hydroxylation sites is 2. The molecule has 5 rings (SSSR count). The fourth-order valence-corrected chi connectivity index (χ4v) is 4.84. The lowest BCUT2D eigenvalue weighted by atomic mass is 10.1. The number of amidine groups is 1. The van der Waals surface area contributed by atoms with Crippen molar-refractivity contribution in [2.24, 2.45) is 4.99 Å². The molecule has 3 N–H and O–H groups in total. The lowest BCUT2D eigenvalue weighted by Crippen LogP contribution is -2.63. The summed E-state index contributed by atoms with van der Waals surface area (Å²) in [5, 5.41) is 6.38. The number of hydrogen-bond donors (Lipinski definition) is 3. The zero-order valence-electron chi connectivity index (χ0n) is 17.9. The Bertz CT molecular complexity index is 1250. The van der Waals surface area contributed by atoms with Gasteiger partial charge < -0.3 is 20.1 Å². The third-order valence-corrected chi connectivity index (χ3v) is 6.41. The summed E-state index contributed by atoms with van der Waals surface area (Å²) in [5.41, 5.74) is 3.36. The predicted molar refractivity (Wildman–Crippen MR) is 125 cm³/mol. The summed E-state index contributed by atoms with van der Waals surface area (Å²) < 4.78 is 0. The molecule has 0 spiro atoms. The van der Waals surface area contributed by atoms with E-state index in [4.69, 9.17) is 4.99 Å². The number of rotatable bonds is 4. The van der Waals surface area contributed by atoms with Crippen molar-refractivity contribution < 1.29 is 14.4 Å². The van der Waals surface area contributed by atoms with Crippen LogP contribution in [-0.4, -0.2) is 62.0 Å². The number of anilines is 1. The van der Waals surface area contributed by atoms with Crippen molar-refractivity contribution in [1.29, 1.82) is 0 Å². The number of nitrogens with one attached hydrogen (secondary N) is 3. The van der Waals surface area contributed by atoms with Crippen LogP contribution in [0.5, 0.6) is 0 Å². The molecule has 1 saturated heterocycles. The molecule has 2 atom stereocenters. The Labute approximate surface area is 193 Å². The van der Waals surface area contributed by atoms with Gasteiger partial charge in [-0.2, -0.15) is 0 Å². The average molecular weight is 464 g/mol. The minimum Gasteiger partial charge on any atom is -0.333 e. The molecule has 11 heteroatoms. The lowest BCUT2D eigenvalue weighted by Gasteiger charge is -2.36. The Morgan fingerprint density at radius 3 is 2.64 bits per heavy atom. The van der Waals surface area contributed by atoms with Gasteiger partial charge in [-0.15, -0.1) is 0 Å². The van der Waals surface area contributed by atoms with Gasteiger partial charge in [0.1, 0.15) is 0 Å². The summed E-state index contributed by atoms with van der Waals surface area (Å²) in [6, 6.07) is 14.0. The number of carbonyl (C=O) groups excluding carboxylic acids is 3. The van der Waals surface area contributed by atoms with Crippen molar-refractivity contribution >= 4 is 51.5 Å². The van der Waals surface area contributed by atoms with Crippen LogP contribution in [0, 0.1) is 0 Å². The molecule has 2 aliphatic rings. The molecule has 0 radical (unpaired) electrons. The van der Waals surface area contributed by atoms with Crippen LogP contribution in [0.3, 0.4) is 0 Å². The molecule has 0 aliphatic carbocycles. The molecule has 10 nitrogen and oxygen atoms in total. The quantitative estimate of drug-likeness (QED) is 0.546. The van der Waals surface area contributed by atoms with Gasteiger partial charge in [-0.05, 0) is 41.6 Å². The van der Waals surface area contributed by atoms with Crippen LogP contribution in [0.15, 0.2) is 58.7 Å². The Morgan fingerprint density at radius 1 is 1.15 bits per heavy atom. The Kier molecular flexibility index (Phi) is 5.25. The van der Waals surface area contributed by atoms with Gasteiger partial charge in [0.15, 0.2) is 22.5 Å². The molecule has 1 fully saturated rings. The van der Waals surface area contributed by atoms with Gasteiger partial charge >= 0.3 is 6.03 Å². The number of imidazole rings is 1. The van der Waals surface area contributed by atoms with Gasteiger partial charge in [0.25, 0.3) is 5.91 Å². The highest BCUT2D eigenvalue weighted by Gasteiger charge is 2.48. The Balaban J connectivity index is 1.45. The van der Waals surface area contributed by atoms with E-state index in [9.17, 15) is 14.4 Å². The fraction of sp³-hybridized carbons (Fsp3) is 0.227. The summed E-state index contributed by atoms with van der Waals surface area (Å²) in [6.07, 6.45) is -0.628. The highest BCUT2D eigenvalue weighted by molar-refractivity contribution is 8.13. The van der Waals surface area contributed by atoms with Crippen molar-refractivity contribution in [1.82, 2.24) is 25.1 Å². The van der Waals surface area contributed by atoms with Crippen molar-refractivity contribution in [3.05, 3.63) is 54.1 Å². The first kappa shape index (κ1) is 21.0. The first-order valence-electron chi connectivity index (χ1n) is 10.3. The molecule has 1 aromatic heterocycles. The number of carbonyl (C=O) groups is 3. The van der Waals surface area contributed by atoms with Crippen LogP contribution < -0.4 is 10.6 Å². The first-order chi connectivity index (χ1) is 15.9. The monoisotopic (exact) mass is 463 g/mol. The summed E-state index contributed by atoms with van der Waals surface area (Å²) in [4.78, 5) is 52.2. The van der Waals surface area contributed by atoms with Gasteiger partial charge in [0, 0.05) is 26.2 Å². The van der Waals surface area contributed by atoms with Crippen LogP contribution in [0.4, 0.5) is 10.5 Å². The second-order valence-corrected chi connectivity index (χ2v) is 8.80. The molecule has 2 aromatic carbocycles. The van der Waals surface area contributed by atoms with E-state index in [1.165, 1.54) is 23.6 Å². The molecule has 168 valence electrons. The van der Waals surface area contributed by atoms with Gasteiger partial charge in [-0.25, -0.2) is 14.8 Å². The number of aliphatic imine (C=N–C) groups is 1. The fourth-order valence-electron chi connectivity index (χ4n) is 3.91. The summed E-state index contributed by atoms with van der Waals surface area (Å²) in [5.74, 6) is -0.532. The van der Waals surface area contributed by atoms with E-state index >= 15 is 0 Å². The standard InChI is InChI=1S/C22H21N7O3S/c1-12(30)23-14-9-7-13(8-10-14)11-29-17-18(28(2)21(32)27-19(17)31)26-22(29)33-20-24-15-5-3-4-6-16(15)25-20/h3-10,17-18H,11H2,1-2H3,(H,23,30)(H,24,25)(H,27,31,32). The molecule has 3 heterocycles. The van der Waals surface area contributed by atoms with Crippen molar-refractivity contribution in [3.63, 3.8) is 0 Å². The number of imide groups is 1. The van der Waals surface area contributed by atoms with Crippen LogP contribution in [0.1, 0.15) is 12.5 Å². The normalized spacial score (nSPS) is 20.0. The van der Waals surface area contributed by atoms with Gasteiger partial charge in [-0.3, -0.25) is 14.9 Å². The van der Waals surface area contributed by atoms with E-state index in [2.05, 4.69) is 20.6 Å². The number of likely N-dealkylation sites (N-methyl/N-ethyl adjacent to an activating group) is 1. The highest BCUT2D eigenvalue weighted by Crippen LogP contribution is 2.33. The number of H-pyrrole nitrogens is 1. The van der Waals surface area contributed by atoms with E-state index in [1.54, 1.807) is 7.05 Å². The van der Waals surface area contributed by atoms with E-state index in [0.29, 0.717) is 22.6 Å². The number of amides is 4. The summed E-state index contributed by atoms with van der Waals surface area (Å²) in [7, 11) is 1.62. The smallest absolute Gasteiger partial charge is 0.325 e. The second kappa shape index (κ2) is 8.24. The third-order valence-electron chi connectivity index (χ3n) is 5.51. The van der Waals surface area contributed by atoms with Crippen LogP contribution in [-0.2, 0) is 16.1 Å². The molecular weight excluding hydrogens is 442 g/mol. The maximum Gasteiger partial charge on any atom is 0.325 e. The Hall–Kier alpha value is -3.86. The van der Waals surface area contributed by atoms with E-state index < -0.39 is 18.2 Å². The minimum atomic E-state index is -0.658. The number of hydrogen-bond acceptors (Lipinski definition) is 7. The number of benzene rings is 2. The van der Waals surface area contributed by atoms with Gasteiger partial charge in [0.2, 0.25) is 5.91 Å². The van der Waals surface area contributed by atoms with Gasteiger partial charge in [0.05, 0.1) is 11.0 Å². The minimum absolute atomic E-state index is 0.145. The van der Waals surface area contributed by atoms with E-state index in [1.807, 2.05) is 53.4 Å². The Morgan fingerprint density at radius 2 is 1.91 bits per heavy atom. The molecule has 4 amide bonds. The van der Waals surface area contributed by atoms with Crippen molar-refractivity contribution in [2.75, 3.05) is 12.4 Å². The molecular formula is C22H21N7O3S. The largest absolute Gasteiger partial charge is 0.333 e. The van der Waals surface area contributed by atoms with Crippen LogP contribution in [0.25, 0.3) is 11.0 Å².